The molecule has 0 radical (unpaired) electrons. The molecule has 5 heteroatoms. The first-order valence-corrected chi connectivity index (χ1v) is 8.81. The van der Waals surface area contributed by atoms with Gasteiger partial charge in [0.2, 0.25) is 0 Å². The minimum atomic E-state index is -0.365. The first-order chi connectivity index (χ1) is 13.8. The Labute approximate surface area is 160 Å². The fourth-order valence-corrected chi connectivity index (χ4v) is 3.56. The SMILES string of the molecule is COc1cc(F)ccc1-c1noc2c(-c3cncc4ccccc34)cccc12. The molecule has 0 aliphatic heterocycles. The van der Waals surface area contributed by atoms with E-state index in [0.717, 1.165) is 27.3 Å². The van der Waals surface area contributed by atoms with Gasteiger partial charge in [-0.1, -0.05) is 41.6 Å². The van der Waals surface area contributed by atoms with E-state index in [2.05, 4.69) is 16.2 Å². The van der Waals surface area contributed by atoms with Crippen molar-refractivity contribution in [3.8, 4) is 28.1 Å². The van der Waals surface area contributed by atoms with Gasteiger partial charge < -0.3 is 9.26 Å². The van der Waals surface area contributed by atoms with Crippen molar-refractivity contribution in [1.29, 1.82) is 0 Å². The van der Waals surface area contributed by atoms with Crippen LogP contribution in [0.5, 0.6) is 5.75 Å². The molecule has 0 aliphatic carbocycles. The summed E-state index contributed by atoms with van der Waals surface area (Å²) in [7, 11) is 1.51. The summed E-state index contributed by atoms with van der Waals surface area (Å²) in [6.45, 7) is 0. The zero-order valence-electron chi connectivity index (χ0n) is 15.0. The van der Waals surface area contributed by atoms with E-state index >= 15 is 0 Å². The molecule has 0 atom stereocenters. The summed E-state index contributed by atoms with van der Waals surface area (Å²) in [4.78, 5) is 4.37. The molecule has 0 bridgehead atoms. The van der Waals surface area contributed by atoms with Crippen LogP contribution in [0.15, 0.2) is 77.6 Å². The summed E-state index contributed by atoms with van der Waals surface area (Å²) in [6, 6.07) is 18.3. The number of fused-ring (bicyclic) bond motifs is 2. The number of rotatable bonds is 3. The monoisotopic (exact) mass is 370 g/mol. The van der Waals surface area contributed by atoms with Crippen molar-refractivity contribution in [2.75, 3.05) is 7.11 Å². The molecule has 5 aromatic rings. The quantitative estimate of drug-likeness (QED) is 0.399. The molecule has 136 valence electrons. The largest absolute Gasteiger partial charge is 0.496 e. The van der Waals surface area contributed by atoms with Gasteiger partial charge in [0.05, 0.1) is 12.5 Å². The van der Waals surface area contributed by atoms with Gasteiger partial charge in [-0.2, -0.15) is 0 Å². The van der Waals surface area contributed by atoms with E-state index in [9.17, 15) is 4.39 Å². The lowest BCUT2D eigenvalue weighted by Crippen LogP contribution is -1.90. The summed E-state index contributed by atoms with van der Waals surface area (Å²) < 4.78 is 24.7. The summed E-state index contributed by atoms with van der Waals surface area (Å²) in [5, 5.41) is 7.24. The zero-order valence-corrected chi connectivity index (χ0v) is 15.0. The smallest absolute Gasteiger partial charge is 0.175 e. The van der Waals surface area contributed by atoms with Crippen molar-refractivity contribution in [3.63, 3.8) is 0 Å². The maximum Gasteiger partial charge on any atom is 0.175 e. The van der Waals surface area contributed by atoms with Gasteiger partial charge in [0.1, 0.15) is 17.3 Å². The fourth-order valence-electron chi connectivity index (χ4n) is 3.56. The van der Waals surface area contributed by atoms with Gasteiger partial charge in [-0.05, 0) is 23.6 Å². The number of hydrogen-bond donors (Lipinski definition) is 0. The Morgan fingerprint density at radius 2 is 1.71 bits per heavy atom. The van der Waals surface area contributed by atoms with E-state index in [1.807, 2.05) is 48.8 Å². The second-order valence-corrected chi connectivity index (χ2v) is 6.47. The Hall–Kier alpha value is -3.73. The minimum Gasteiger partial charge on any atom is -0.496 e. The molecule has 0 saturated carbocycles. The van der Waals surface area contributed by atoms with Gasteiger partial charge in [-0.15, -0.1) is 0 Å². The van der Waals surface area contributed by atoms with Gasteiger partial charge in [0.15, 0.2) is 5.58 Å². The van der Waals surface area contributed by atoms with Crippen LogP contribution in [0.25, 0.3) is 44.1 Å². The molecule has 28 heavy (non-hydrogen) atoms. The van der Waals surface area contributed by atoms with E-state index in [1.54, 1.807) is 6.07 Å². The molecular formula is C23H15FN2O2. The van der Waals surface area contributed by atoms with Crippen molar-refractivity contribution in [3.05, 3.63) is 78.9 Å². The molecule has 0 amide bonds. The lowest BCUT2D eigenvalue weighted by molar-refractivity contribution is 0.411. The van der Waals surface area contributed by atoms with Crippen LogP contribution in [0.2, 0.25) is 0 Å². The molecule has 0 spiro atoms. The summed E-state index contributed by atoms with van der Waals surface area (Å²) in [6.07, 6.45) is 3.67. The molecule has 0 saturated heterocycles. The zero-order chi connectivity index (χ0) is 19.1. The predicted molar refractivity (Wildman–Crippen MR) is 107 cm³/mol. The fraction of sp³-hybridized carbons (Fsp3) is 0.0435. The van der Waals surface area contributed by atoms with E-state index in [0.29, 0.717) is 22.6 Å². The maximum atomic E-state index is 13.6. The number of halogens is 1. The molecule has 0 unspecified atom stereocenters. The molecular weight excluding hydrogens is 355 g/mol. The van der Waals surface area contributed by atoms with E-state index in [1.165, 1.54) is 19.2 Å². The Morgan fingerprint density at radius 1 is 0.857 bits per heavy atom. The van der Waals surface area contributed by atoms with Gasteiger partial charge in [0.25, 0.3) is 0 Å². The lowest BCUT2D eigenvalue weighted by Gasteiger charge is -2.07. The van der Waals surface area contributed by atoms with Crippen molar-refractivity contribution < 1.29 is 13.7 Å². The highest BCUT2D eigenvalue weighted by molar-refractivity contribution is 6.06. The molecule has 0 N–H and O–H groups in total. The van der Waals surface area contributed by atoms with Crippen LogP contribution in [0, 0.1) is 5.82 Å². The number of hydrogen-bond acceptors (Lipinski definition) is 4. The Bertz CT molecular complexity index is 1320. The molecule has 5 rings (SSSR count). The highest BCUT2D eigenvalue weighted by atomic mass is 19.1. The van der Waals surface area contributed by atoms with E-state index in [-0.39, 0.29) is 5.82 Å². The first kappa shape index (κ1) is 16.4. The summed E-state index contributed by atoms with van der Waals surface area (Å²) >= 11 is 0. The third kappa shape index (κ3) is 2.52. The second-order valence-electron chi connectivity index (χ2n) is 6.47. The van der Waals surface area contributed by atoms with Gasteiger partial charge in [-0.25, -0.2) is 4.39 Å². The van der Waals surface area contributed by atoms with Crippen molar-refractivity contribution in [1.82, 2.24) is 10.1 Å². The summed E-state index contributed by atoms with van der Waals surface area (Å²) in [5.74, 6) is 0.0448. The van der Waals surface area contributed by atoms with Crippen molar-refractivity contribution >= 4 is 21.7 Å². The number of para-hydroxylation sites is 1. The van der Waals surface area contributed by atoms with Gasteiger partial charge in [-0.3, -0.25) is 4.98 Å². The average Bonchev–Trinajstić information content (AvgIpc) is 3.17. The normalized spacial score (nSPS) is 11.2. The molecule has 0 aliphatic rings. The Morgan fingerprint density at radius 3 is 2.61 bits per heavy atom. The van der Waals surface area contributed by atoms with E-state index < -0.39 is 0 Å². The maximum absolute atomic E-state index is 13.6. The molecule has 4 nitrogen and oxygen atoms in total. The van der Waals surface area contributed by atoms with E-state index in [4.69, 9.17) is 9.26 Å². The Kier molecular flexibility index (Phi) is 3.79. The van der Waals surface area contributed by atoms with Gasteiger partial charge >= 0.3 is 0 Å². The van der Waals surface area contributed by atoms with Gasteiger partial charge in [0, 0.05) is 40.5 Å². The third-order valence-corrected chi connectivity index (χ3v) is 4.88. The highest BCUT2D eigenvalue weighted by Gasteiger charge is 2.18. The second kappa shape index (κ2) is 6.46. The topological polar surface area (TPSA) is 48.2 Å². The number of benzene rings is 3. The lowest BCUT2D eigenvalue weighted by atomic mass is 9.98. The highest BCUT2D eigenvalue weighted by Crippen LogP contribution is 2.39. The van der Waals surface area contributed by atoms with Crippen molar-refractivity contribution in [2.45, 2.75) is 0 Å². The minimum absolute atomic E-state index is 0.365. The molecule has 3 aromatic carbocycles. The van der Waals surface area contributed by atoms with Crippen LogP contribution in [-0.4, -0.2) is 17.3 Å². The van der Waals surface area contributed by atoms with Crippen molar-refractivity contribution in [2.24, 2.45) is 0 Å². The standard InChI is InChI=1S/C23H15FN2O2/c1-27-21-11-15(24)9-10-18(21)22-19-8-4-7-17(23(19)28-26-22)20-13-25-12-14-5-2-3-6-16(14)20/h2-13H,1H3. The number of ether oxygens (including phenoxy) is 1. The predicted octanol–water partition coefficient (Wildman–Crippen LogP) is 5.86. The number of methoxy groups -OCH3 is 1. The number of aromatic nitrogens is 2. The van der Waals surface area contributed by atoms with Crippen LogP contribution in [0.4, 0.5) is 4.39 Å². The average molecular weight is 370 g/mol. The molecule has 2 aromatic heterocycles. The molecule has 2 heterocycles. The first-order valence-electron chi connectivity index (χ1n) is 8.81. The third-order valence-electron chi connectivity index (χ3n) is 4.88. The van der Waals surface area contributed by atoms with Crippen LogP contribution >= 0.6 is 0 Å². The van der Waals surface area contributed by atoms with Crippen LogP contribution in [0.3, 0.4) is 0 Å². The van der Waals surface area contributed by atoms with Crippen LogP contribution < -0.4 is 4.74 Å². The number of nitrogens with zero attached hydrogens (tertiary/aromatic N) is 2. The molecule has 0 fully saturated rings. The van der Waals surface area contributed by atoms with Crippen LogP contribution in [-0.2, 0) is 0 Å². The van der Waals surface area contributed by atoms with Crippen LogP contribution in [0.1, 0.15) is 0 Å². The Balaban J connectivity index is 1.76. The number of pyridine rings is 1. The summed E-state index contributed by atoms with van der Waals surface area (Å²) in [5.41, 5.74) is 3.82.